The third-order valence-electron chi connectivity index (χ3n) is 2.95. The Kier molecular flexibility index (Phi) is 3.75. The Balaban J connectivity index is 2.04. The van der Waals surface area contributed by atoms with Crippen LogP contribution in [0.2, 0.25) is 0 Å². The van der Waals surface area contributed by atoms with Crippen LogP contribution < -0.4 is 0 Å². The molecular weight excluding hydrogens is 300 g/mol. The molecule has 0 radical (unpaired) electrons. The van der Waals surface area contributed by atoms with Crippen LogP contribution in [0.25, 0.3) is 0 Å². The minimum atomic E-state index is -0.238. The summed E-state index contributed by atoms with van der Waals surface area (Å²) in [4.78, 5) is 27.3. The summed E-state index contributed by atoms with van der Waals surface area (Å²) in [7, 11) is 0. The summed E-state index contributed by atoms with van der Waals surface area (Å²) in [6.07, 6.45) is 0. The van der Waals surface area contributed by atoms with E-state index in [1.54, 1.807) is 17.0 Å². The average Bonchev–Trinajstić information content (AvgIpc) is 2.74. The predicted octanol–water partition coefficient (Wildman–Crippen LogP) is 1.73. The van der Waals surface area contributed by atoms with Gasteiger partial charge in [0, 0.05) is 19.1 Å². The molecule has 18 heavy (non-hydrogen) atoms. The molecule has 1 aromatic heterocycles. The molecule has 0 atom stereocenters. The lowest BCUT2D eigenvalue weighted by atomic mass is 10.2. The maximum atomic E-state index is 12.1. The van der Waals surface area contributed by atoms with E-state index in [1.165, 1.54) is 4.90 Å². The van der Waals surface area contributed by atoms with Gasteiger partial charge in [0.15, 0.2) is 10.4 Å². The van der Waals surface area contributed by atoms with Crippen molar-refractivity contribution in [2.45, 2.75) is 19.9 Å². The van der Waals surface area contributed by atoms with Gasteiger partial charge in [-0.25, -0.2) is 0 Å². The number of nitrogens with zero attached hydrogens (tertiary/aromatic N) is 2. The maximum Gasteiger partial charge on any atom is 0.290 e. The summed E-state index contributed by atoms with van der Waals surface area (Å²) in [5.74, 6) is 0.000324. The fraction of sp³-hybridized carbons (Fsp3) is 0.500. The van der Waals surface area contributed by atoms with Gasteiger partial charge in [-0.15, -0.1) is 0 Å². The van der Waals surface area contributed by atoms with Crippen molar-refractivity contribution in [3.8, 4) is 0 Å². The number of amides is 2. The highest BCUT2D eigenvalue weighted by atomic mass is 79.9. The van der Waals surface area contributed by atoms with E-state index >= 15 is 0 Å². The van der Waals surface area contributed by atoms with Crippen LogP contribution in [-0.2, 0) is 4.79 Å². The topological polar surface area (TPSA) is 53.8 Å². The highest BCUT2D eigenvalue weighted by Crippen LogP contribution is 2.17. The van der Waals surface area contributed by atoms with E-state index in [0.29, 0.717) is 17.8 Å². The number of furan rings is 1. The van der Waals surface area contributed by atoms with E-state index in [2.05, 4.69) is 15.9 Å². The molecule has 2 heterocycles. The number of carbonyl (C=O) groups is 2. The second-order valence-corrected chi connectivity index (χ2v) is 5.29. The van der Waals surface area contributed by atoms with E-state index in [1.807, 2.05) is 13.8 Å². The SMILES string of the molecule is CC(C)N1CCN(C(=O)c2ccc(Br)o2)CC1=O. The molecule has 1 fully saturated rings. The predicted molar refractivity (Wildman–Crippen MR) is 69.2 cm³/mol. The summed E-state index contributed by atoms with van der Waals surface area (Å²) in [5.41, 5.74) is 0. The molecule has 98 valence electrons. The summed E-state index contributed by atoms with van der Waals surface area (Å²) in [5, 5.41) is 0. The first-order chi connectivity index (χ1) is 8.49. The van der Waals surface area contributed by atoms with Gasteiger partial charge in [0.25, 0.3) is 5.91 Å². The van der Waals surface area contributed by atoms with E-state index in [-0.39, 0.29) is 30.2 Å². The monoisotopic (exact) mass is 314 g/mol. The van der Waals surface area contributed by atoms with Gasteiger partial charge in [-0.1, -0.05) is 0 Å². The quantitative estimate of drug-likeness (QED) is 0.835. The molecule has 0 N–H and O–H groups in total. The molecule has 0 aromatic carbocycles. The molecule has 1 aliphatic heterocycles. The number of halogens is 1. The number of carbonyl (C=O) groups excluding carboxylic acids is 2. The van der Waals surface area contributed by atoms with Gasteiger partial charge in [0.05, 0.1) is 0 Å². The van der Waals surface area contributed by atoms with Crippen molar-refractivity contribution in [2.75, 3.05) is 19.6 Å². The summed E-state index contributed by atoms with van der Waals surface area (Å²) >= 11 is 3.15. The Morgan fingerprint density at radius 3 is 2.61 bits per heavy atom. The van der Waals surface area contributed by atoms with Crippen molar-refractivity contribution < 1.29 is 14.0 Å². The van der Waals surface area contributed by atoms with Gasteiger partial charge >= 0.3 is 0 Å². The number of hydrogen-bond acceptors (Lipinski definition) is 3. The zero-order chi connectivity index (χ0) is 13.3. The Bertz CT molecular complexity index is 470. The number of hydrogen-bond donors (Lipinski definition) is 0. The molecule has 1 aromatic rings. The minimum absolute atomic E-state index is 0.0183. The third kappa shape index (κ3) is 2.58. The molecule has 5 nitrogen and oxygen atoms in total. The van der Waals surface area contributed by atoms with Crippen LogP contribution >= 0.6 is 15.9 Å². The number of piperazine rings is 1. The van der Waals surface area contributed by atoms with Crippen molar-refractivity contribution in [3.63, 3.8) is 0 Å². The minimum Gasteiger partial charge on any atom is -0.444 e. The summed E-state index contributed by atoms with van der Waals surface area (Å²) in [6.45, 7) is 5.18. The van der Waals surface area contributed by atoms with Crippen molar-refractivity contribution >= 4 is 27.7 Å². The standard InChI is InChI=1S/C12H15BrN2O3/c1-8(2)15-6-5-14(7-11(15)16)12(17)9-3-4-10(13)18-9/h3-4,8H,5-7H2,1-2H3. The Morgan fingerprint density at radius 1 is 1.39 bits per heavy atom. The van der Waals surface area contributed by atoms with E-state index in [9.17, 15) is 9.59 Å². The normalized spacial score (nSPS) is 16.6. The van der Waals surface area contributed by atoms with Crippen LogP contribution in [0.5, 0.6) is 0 Å². The van der Waals surface area contributed by atoms with Crippen LogP contribution in [0.3, 0.4) is 0 Å². The maximum absolute atomic E-state index is 12.1. The molecule has 2 rings (SSSR count). The molecule has 0 spiro atoms. The first-order valence-corrected chi connectivity index (χ1v) is 6.62. The first kappa shape index (κ1) is 13.1. The second-order valence-electron chi connectivity index (χ2n) is 4.51. The van der Waals surface area contributed by atoms with E-state index in [4.69, 9.17) is 4.42 Å². The molecule has 0 aliphatic carbocycles. The van der Waals surface area contributed by atoms with E-state index < -0.39 is 0 Å². The zero-order valence-electron chi connectivity index (χ0n) is 10.4. The highest BCUT2D eigenvalue weighted by Gasteiger charge is 2.30. The van der Waals surface area contributed by atoms with Crippen LogP contribution in [-0.4, -0.2) is 47.3 Å². The summed E-state index contributed by atoms with van der Waals surface area (Å²) in [6, 6.07) is 3.44. The summed E-state index contributed by atoms with van der Waals surface area (Å²) < 4.78 is 5.72. The fourth-order valence-corrected chi connectivity index (χ4v) is 2.30. The lowest BCUT2D eigenvalue weighted by Crippen LogP contribution is -2.54. The third-order valence-corrected chi connectivity index (χ3v) is 3.38. The van der Waals surface area contributed by atoms with Gasteiger partial charge in [-0.2, -0.15) is 0 Å². The lowest BCUT2D eigenvalue weighted by Gasteiger charge is -2.36. The molecule has 0 saturated carbocycles. The van der Waals surface area contributed by atoms with Crippen molar-refractivity contribution in [1.29, 1.82) is 0 Å². The Hall–Kier alpha value is -1.30. The Morgan fingerprint density at radius 2 is 2.11 bits per heavy atom. The smallest absolute Gasteiger partial charge is 0.290 e. The number of rotatable bonds is 2. The molecule has 0 bridgehead atoms. The average molecular weight is 315 g/mol. The highest BCUT2D eigenvalue weighted by molar-refractivity contribution is 9.10. The van der Waals surface area contributed by atoms with Crippen molar-refractivity contribution in [1.82, 2.24) is 9.80 Å². The van der Waals surface area contributed by atoms with Crippen LogP contribution in [0.15, 0.2) is 21.2 Å². The van der Waals surface area contributed by atoms with Gasteiger partial charge in [0.1, 0.15) is 6.54 Å². The largest absolute Gasteiger partial charge is 0.444 e. The van der Waals surface area contributed by atoms with Gasteiger partial charge in [-0.3, -0.25) is 9.59 Å². The Labute approximate surface area is 114 Å². The van der Waals surface area contributed by atoms with Gasteiger partial charge in [-0.05, 0) is 41.9 Å². The second kappa shape index (κ2) is 5.14. The lowest BCUT2D eigenvalue weighted by molar-refractivity contribution is -0.136. The molecule has 2 amide bonds. The van der Waals surface area contributed by atoms with Crippen LogP contribution in [0, 0.1) is 0 Å². The van der Waals surface area contributed by atoms with Gasteiger partial charge < -0.3 is 14.2 Å². The van der Waals surface area contributed by atoms with Crippen molar-refractivity contribution in [3.05, 3.63) is 22.6 Å². The zero-order valence-corrected chi connectivity index (χ0v) is 11.9. The first-order valence-electron chi connectivity index (χ1n) is 5.83. The van der Waals surface area contributed by atoms with Crippen molar-refractivity contribution in [2.24, 2.45) is 0 Å². The fourth-order valence-electron chi connectivity index (χ4n) is 1.99. The van der Waals surface area contributed by atoms with E-state index in [0.717, 1.165) is 0 Å². The molecular formula is C12H15BrN2O3. The van der Waals surface area contributed by atoms with Gasteiger partial charge in [0.2, 0.25) is 5.91 Å². The van der Waals surface area contributed by atoms with Crippen LogP contribution in [0.4, 0.5) is 0 Å². The molecule has 6 heteroatoms. The molecule has 0 unspecified atom stereocenters. The molecule has 1 saturated heterocycles. The molecule has 1 aliphatic rings. The van der Waals surface area contributed by atoms with Crippen LogP contribution in [0.1, 0.15) is 24.4 Å².